The smallest absolute Gasteiger partial charge is 0.416 e. The largest absolute Gasteiger partial charge is 0.504 e. The van der Waals surface area contributed by atoms with Gasteiger partial charge in [0, 0.05) is 0 Å². The Bertz CT molecular complexity index is 550. The van der Waals surface area contributed by atoms with E-state index in [2.05, 4.69) is 0 Å². The lowest BCUT2D eigenvalue weighted by Crippen LogP contribution is -2.04. The SMILES string of the molecule is Oc1cc(C(F)(F)F)ccc1OCc1ccccc1. The summed E-state index contributed by atoms with van der Waals surface area (Å²) in [6.07, 6.45) is -4.48. The van der Waals surface area contributed by atoms with Crippen molar-refractivity contribution in [2.24, 2.45) is 0 Å². The predicted octanol–water partition coefficient (Wildman–Crippen LogP) is 3.99. The molecule has 100 valence electrons. The lowest BCUT2D eigenvalue weighted by atomic mass is 10.2. The van der Waals surface area contributed by atoms with Crippen LogP contribution in [0.4, 0.5) is 13.2 Å². The molecule has 0 aliphatic rings. The zero-order valence-corrected chi connectivity index (χ0v) is 9.82. The van der Waals surface area contributed by atoms with Crippen LogP contribution in [0.25, 0.3) is 0 Å². The van der Waals surface area contributed by atoms with E-state index >= 15 is 0 Å². The van der Waals surface area contributed by atoms with Crippen LogP contribution >= 0.6 is 0 Å². The maximum Gasteiger partial charge on any atom is 0.416 e. The number of phenols is 1. The molecule has 2 aromatic carbocycles. The summed E-state index contributed by atoms with van der Waals surface area (Å²) in [5.41, 5.74) is -0.0427. The van der Waals surface area contributed by atoms with E-state index in [0.717, 1.165) is 17.7 Å². The Morgan fingerprint density at radius 2 is 1.68 bits per heavy atom. The summed E-state index contributed by atoms with van der Waals surface area (Å²) in [7, 11) is 0. The first-order valence-corrected chi connectivity index (χ1v) is 5.54. The molecule has 0 aliphatic carbocycles. The Kier molecular flexibility index (Phi) is 3.64. The number of alkyl halides is 3. The van der Waals surface area contributed by atoms with Crippen LogP contribution in [0.5, 0.6) is 11.5 Å². The van der Waals surface area contributed by atoms with E-state index < -0.39 is 17.5 Å². The molecule has 2 rings (SSSR count). The molecule has 0 saturated heterocycles. The van der Waals surface area contributed by atoms with Gasteiger partial charge in [-0.3, -0.25) is 0 Å². The van der Waals surface area contributed by atoms with Crippen molar-refractivity contribution in [3.63, 3.8) is 0 Å². The Balaban J connectivity index is 2.10. The Hall–Kier alpha value is -2.17. The van der Waals surface area contributed by atoms with Gasteiger partial charge in [-0.15, -0.1) is 0 Å². The average molecular weight is 268 g/mol. The molecule has 0 fully saturated rings. The minimum Gasteiger partial charge on any atom is -0.504 e. The van der Waals surface area contributed by atoms with Crippen molar-refractivity contribution in [2.45, 2.75) is 12.8 Å². The lowest BCUT2D eigenvalue weighted by Gasteiger charge is -2.11. The van der Waals surface area contributed by atoms with Gasteiger partial charge in [-0.05, 0) is 23.8 Å². The fraction of sp³-hybridized carbons (Fsp3) is 0.143. The summed E-state index contributed by atoms with van der Waals surface area (Å²) in [6.45, 7) is 0.180. The van der Waals surface area contributed by atoms with Crippen LogP contribution in [0.15, 0.2) is 48.5 Å². The molecule has 0 spiro atoms. The highest BCUT2D eigenvalue weighted by atomic mass is 19.4. The van der Waals surface area contributed by atoms with E-state index in [-0.39, 0.29) is 12.4 Å². The van der Waals surface area contributed by atoms with Crippen molar-refractivity contribution in [2.75, 3.05) is 0 Å². The molecular formula is C14H11F3O2. The fourth-order valence-corrected chi connectivity index (χ4v) is 1.55. The number of benzene rings is 2. The first-order valence-electron chi connectivity index (χ1n) is 5.54. The van der Waals surface area contributed by atoms with Gasteiger partial charge in [0.05, 0.1) is 5.56 Å². The van der Waals surface area contributed by atoms with Crippen molar-refractivity contribution in [3.05, 3.63) is 59.7 Å². The molecule has 0 amide bonds. The zero-order valence-electron chi connectivity index (χ0n) is 9.82. The van der Waals surface area contributed by atoms with Gasteiger partial charge in [-0.25, -0.2) is 0 Å². The number of halogens is 3. The molecule has 2 aromatic rings. The Labute approximate surface area is 108 Å². The Morgan fingerprint density at radius 3 is 2.26 bits per heavy atom. The van der Waals surface area contributed by atoms with Gasteiger partial charge in [0.25, 0.3) is 0 Å². The van der Waals surface area contributed by atoms with Crippen molar-refractivity contribution < 1.29 is 23.0 Å². The minimum absolute atomic E-state index is 0.0249. The highest BCUT2D eigenvalue weighted by Crippen LogP contribution is 2.35. The molecule has 0 aromatic heterocycles. The molecule has 0 bridgehead atoms. The van der Waals surface area contributed by atoms with Crippen molar-refractivity contribution >= 4 is 0 Å². The zero-order chi connectivity index (χ0) is 13.9. The van der Waals surface area contributed by atoms with Gasteiger partial charge in [0.15, 0.2) is 11.5 Å². The molecule has 0 atom stereocenters. The third kappa shape index (κ3) is 3.40. The second-order valence-electron chi connectivity index (χ2n) is 3.95. The number of rotatable bonds is 3. The van der Waals surface area contributed by atoms with Gasteiger partial charge in [-0.2, -0.15) is 13.2 Å². The van der Waals surface area contributed by atoms with Gasteiger partial charge < -0.3 is 9.84 Å². The summed E-state index contributed by atoms with van der Waals surface area (Å²) in [4.78, 5) is 0. The molecule has 0 unspecified atom stereocenters. The van der Waals surface area contributed by atoms with E-state index in [4.69, 9.17) is 4.74 Å². The molecule has 0 aliphatic heterocycles. The lowest BCUT2D eigenvalue weighted by molar-refractivity contribution is -0.137. The molecular weight excluding hydrogens is 257 g/mol. The minimum atomic E-state index is -4.48. The van der Waals surface area contributed by atoms with Crippen LogP contribution in [0, 0.1) is 0 Å². The molecule has 2 nitrogen and oxygen atoms in total. The monoisotopic (exact) mass is 268 g/mol. The van der Waals surface area contributed by atoms with E-state index in [0.29, 0.717) is 6.07 Å². The van der Waals surface area contributed by atoms with Gasteiger partial charge in [0.1, 0.15) is 6.61 Å². The molecule has 0 heterocycles. The normalized spacial score (nSPS) is 11.3. The van der Waals surface area contributed by atoms with Crippen molar-refractivity contribution in [1.82, 2.24) is 0 Å². The van der Waals surface area contributed by atoms with Crippen LogP contribution in [-0.2, 0) is 12.8 Å². The van der Waals surface area contributed by atoms with Gasteiger partial charge >= 0.3 is 6.18 Å². The van der Waals surface area contributed by atoms with Crippen molar-refractivity contribution in [3.8, 4) is 11.5 Å². The fourth-order valence-electron chi connectivity index (χ4n) is 1.55. The maximum absolute atomic E-state index is 12.4. The number of hydrogen-bond acceptors (Lipinski definition) is 2. The van der Waals surface area contributed by atoms with Crippen molar-refractivity contribution in [1.29, 1.82) is 0 Å². The van der Waals surface area contributed by atoms with E-state index in [9.17, 15) is 18.3 Å². The maximum atomic E-state index is 12.4. The second kappa shape index (κ2) is 5.22. The molecule has 19 heavy (non-hydrogen) atoms. The summed E-state index contributed by atoms with van der Waals surface area (Å²) in [6, 6.07) is 11.8. The molecule has 5 heteroatoms. The van der Waals surface area contributed by atoms with Crippen LogP contribution in [-0.4, -0.2) is 5.11 Å². The second-order valence-corrected chi connectivity index (χ2v) is 3.95. The van der Waals surface area contributed by atoms with Crippen LogP contribution in [0.3, 0.4) is 0 Å². The number of aromatic hydroxyl groups is 1. The quantitative estimate of drug-likeness (QED) is 0.912. The van der Waals surface area contributed by atoms with Gasteiger partial charge in [-0.1, -0.05) is 30.3 Å². The highest BCUT2D eigenvalue weighted by Gasteiger charge is 2.31. The molecule has 0 radical (unpaired) electrons. The summed E-state index contributed by atoms with van der Waals surface area (Å²) >= 11 is 0. The third-order valence-corrected chi connectivity index (χ3v) is 2.52. The topological polar surface area (TPSA) is 29.5 Å². The van der Waals surface area contributed by atoms with Crippen LogP contribution in [0.2, 0.25) is 0 Å². The summed E-state index contributed by atoms with van der Waals surface area (Å²) in [5.74, 6) is -0.498. The number of ether oxygens (including phenoxy) is 1. The number of phenolic OH excluding ortho intramolecular Hbond substituents is 1. The Morgan fingerprint density at radius 1 is 1.00 bits per heavy atom. The van der Waals surface area contributed by atoms with E-state index in [1.165, 1.54) is 0 Å². The van der Waals surface area contributed by atoms with E-state index in [1.807, 2.05) is 30.3 Å². The number of hydrogen-bond donors (Lipinski definition) is 1. The standard InChI is InChI=1S/C14H11F3O2/c15-14(16,17)11-6-7-13(12(18)8-11)19-9-10-4-2-1-3-5-10/h1-8,18H,9H2. The van der Waals surface area contributed by atoms with Gasteiger partial charge in [0.2, 0.25) is 0 Å². The predicted molar refractivity (Wildman–Crippen MR) is 63.9 cm³/mol. The average Bonchev–Trinajstić information content (AvgIpc) is 2.37. The first-order chi connectivity index (χ1) is 8.97. The van der Waals surface area contributed by atoms with E-state index in [1.54, 1.807) is 0 Å². The summed E-state index contributed by atoms with van der Waals surface area (Å²) in [5, 5.41) is 9.51. The molecule has 1 N–H and O–H groups in total. The van der Waals surface area contributed by atoms with Crippen LogP contribution in [0.1, 0.15) is 11.1 Å². The third-order valence-electron chi connectivity index (χ3n) is 2.52. The summed E-state index contributed by atoms with van der Waals surface area (Å²) < 4.78 is 42.5. The van der Waals surface area contributed by atoms with Crippen LogP contribution < -0.4 is 4.74 Å². The highest BCUT2D eigenvalue weighted by molar-refractivity contribution is 5.42. The molecule has 0 saturated carbocycles. The first kappa shape index (κ1) is 13.3.